The van der Waals surface area contributed by atoms with Crippen LogP contribution >= 0.6 is 0 Å². The van der Waals surface area contributed by atoms with Crippen molar-refractivity contribution in [3.05, 3.63) is 65.2 Å². The van der Waals surface area contributed by atoms with Gasteiger partial charge in [0, 0.05) is 5.56 Å². The van der Waals surface area contributed by atoms with Crippen LogP contribution in [0.3, 0.4) is 0 Å². The molecule has 0 saturated heterocycles. The Balaban J connectivity index is 1.78. The number of rotatable bonds is 6. The van der Waals surface area contributed by atoms with Crippen LogP contribution in [0, 0.1) is 6.92 Å². The molecule has 0 aliphatic carbocycles. The maximum Gasteiger partial charge on any atom is 0.259 e. The first-order valence-corrected chi connectivity index (χ1v) is 7.39. The minimum absolute atomic E-state index is 0.146. The SMILES string of the molecule is COc1ccc(/C=N\NC(=O)CNC(=O)c2cccc(C)c2)cc1. The number of ether oxygens (including phenoxy) is 1. The van der Waals surface area contributed by atoms with E-state index in [0.717, 1.165) is 16.9 Å². The molecule has 0 heterocycles. The fourth-order valence-corrected chi connectivity index (χ4v) is 1.96. The summed E-state index contributed by atoms with van der Waals surface area (Å²) in [4.78, 5) is 23.6. The van der Waals surface area contributed by atoms with Crippen LogP contribution in [0.5, 0.6) is 5.75 Å². The second-order valence-corrected chi connectivity index (χ2v) is 5.12. The molecule has 2 rings (SSSR count). The minimum Gasteiger partial charge on any atom is -0.497 e. The first kappa shape index (κ1) is 17.2. The summed E-state index contributed by atoms with van der Waals surface area (Å²) in [5.41, 5.74) is 4.68. The maximum absolute atomic E-state index is 11.9. The van der Waals surface area contributed by atoms with Gasteiger partial charge in [0.25, 0.3) is 11.8 Å². The van der Waals surface area contributed by atoms with Crippen LogP contribution in [0.2, 0.25) is 0 Å². The summed E-state index contributed by atoms with van der Waals surface area (Å²) in [6.07, 6.45) is 1.51. The highest BCUT2D eigenvalue weighted by atomic mass is 16.5. The Morgan fingerprint density at radius 1 is 1.17 bits per heavy atom. The van der Waals surface area contributed by atoms with Crippen LogP contribution in [-0.2, 0) is 4.79 Å². The molecule has 0 bridgehead atoms. The molecule has 0 aliphatic rings. The summed E-state index contributed by atoms with van der Waals surface area (Å²) >= 11 is 0. The number of benzene rings is 2. The molecule has 0 atom stereocenters. The van der Waals surface area contributed by atoms with Crippen molar-refractivity contribution in [2.75, 3.05) is 13.7 Å². The van der Waals surface area contributed by atoms with Gasteiger partial charge < -0.3 is 10.1 Å². The molecule has 0 saturated carbocycles. The number of nitrogens with one attached hydrogen (secondary N) is 2. The Morgan fingerprint density at radius 2 is 1.92 bits per heavy atom. The summed E-state index contributed by atoms with van der Waals surface area (Å²) in [6, 6.07) is 14.4. The van der Waals surface area contributed by atoms with Crippen molar-refractivity contribution in [3.63, 3.8) is 0 Å². The molecule has 0 unspecified atom stereocenters. The molecule has 6 heteroatoms. The first-order valence-electron chi connectivity index (χ1n) is 7.39. The van der Waals surface area contributed by atoms with Gasteiger partial charge in [0.1, 0.15) is 5.75 Å². The lowest BCUT2D eigenvalue weighted by atomic mass is 10.1. The van der Waals surface area contributed by atoms with Gasteiger partial charge in [-0.3, -0.25) is 9.59 Å². The number of methoxy groups -OCH3 is 1. The predicted octanol–water partition coefficient (Wildman–Crippen LogP) is 1.88. The first-order chi connectivity index (χ1) is 11.6. The monoisotopic (exact) mass is 325 g/mol. The van der Waals surface area contributed by atoms with E-state index < -0.39 is 5.91 Å². The molecule has 0 aromatic heterocycles. The van der Waals surface area contributed by atoms with Crippen LogP contribution in [0.25, 0.3) is 0 Å². The highest BCUT2D eigenvalue weighted by molar-refractivity contribution is 5.96. The second kappa shape index (κ2) is 8.47. The Bertz CT molecular complexity index is 739. The van der Waals surface area contributed by atoms with E-state index in [0.29, 0.717) is 5.56 Å². The Kier molecular flexibility index (Phi) is 6.08. The fourth-order valence-electron chi connectivity index (χ4n) is 1.96. The quantitative estimate of drug-likeness (QED) is 0.629. The molecule has 0 radical (unpaired) electrons. The van der Waals surface area contributed by atoms with Gasteiger partial charge in [-0.1, -0.05) is 17.7 Å². The third-order valence-electron chi connectivity index (χ3n) is 3.21. The summed E-state index contributed by atoms with van der Waals surface area (Å²) in [5, 5.41) is 6.39. The van der Waals surface area contributed by atoms with Crippen molar-refractivity contribution < 1.29 is 14.3 Å². The van der Waals surface area contributed by atoms with Gasteiger partial charge in [-0.2, -0.15) is 5.10 Å². The van der Waals surface area contributed by atoms with Gasteiger partial charge in [-0.25, -0.2) is 5.43 Å². The topological polar surface area (TPSA) is 79.8 Å². The number of carbonyl (C=O) groups is 2. The van der Waals surface area contributed by atoms with E-state index in [-0.39, 0.29) is 12.5 Å². The van der Waals surface area contributed by atoms with Crippen molar-refractivity contribution in [2.45, 2.75) is 6.92 Å². The number of hydrogen-bond acceptors (Lipinski definition) is 4. The maximum atomic E-state index is 11.9. The Morgan fingerprint density at radius 3 is 2.58 bits per heavy atom. The molecule has 0 aliphatic heterocycles. The third-order valence-corrected chi connectivity index (χ3v) is 3.21. The zero-order valence-electron chi connectivity index (χ0n) is 13.6. The summed E-state index contributed by atoms with van der Waals surface area (Å²) in [5.74, 6) is 0.0452. The lowest BCUT2D eigenvalue weighted by Gasteiger charge is -2.05. The van der Waals surface area contributed by atoms with E-state index in [1.54, 1.807) is 37.4 Å². The van der Waals surface area contributed by atoms with Crippen LogP contribution < -0.4 is 15.5 Å². The smallest absolute Gasteiger partial charge is 0.259 e. The molecule has 2 aromatic carbocycles. The van der Waals surface area contributed by atoms with Crippen molar-refractivity contribution in [1.82, 2.24) is 10.7 Å². The van der Waals surface area contributed by atoms with Gasteiger partial charge in [0.2, 0.25) is 0 Å². The molecular weight excluding hydrogens is 306 g/mol. The van der Waals surface area contributed by atoms with Crippen molar-refractivity contribution in [2.24, 2.45) is 5.10 Å². The van der Waals surface area contributed by atoms with E-state index in [1.165, 1.54) is 6.21 Å². The molecule has 2 N–H and O–H groups in total. The molecule has 0 spiro atoms. The fraction of sp³-hybridized carbons (Fsp3) is 0.167. The second-order valence-electron chi connectivity index (χ2n) is 5.12. The van der Waals surface area contributed by atoms with Gasteiger partial charge in [0.15, 0.2) is 0 Å². The van der Waals surface area contributed by atoms with Gasteiger partial charge in [-0.15, -0.1) is 0 Å². The third kappa shape index (κ3) is 5.24. The summed E-state index contributed by atoms with van der Waals surface area (Å²) in [6.45, 7) is 1.75. The van der Waals surface area contributed by atoms with Crippen molar-refractivity contribution in [1.29, 1.82) is 0 Å². The van der Waals surface area contributed by atoms with E-state index in [4.69, 9.17) is 4.74 Å². The highest BCUT2D eigenvalue weighted by Crippen LogP contribution is 2.09. The van der Waals surface area contributed by atoms with Gasteiger partial charge in [-0.05, 0) is 48.9 Å². The zero-order valence-corrected chi connectivity index (χ0v) is 13.6. The average molecular weight is 325 g/mol. The van der Waals surface area contributed by atoms with Crippen LogP contribution in [0.1, 0.15) is 21.5 Å². The van der Waals surface area contributed by atoms with E-state index in [2.05, 4.69) is 15.8 Å². The largest absolute Gasteiger partial charge is 0.497 e. The van der Waals surface area contributed by atoms with E-state index >= 15 is 0 Å². The molecule has 6 nitrogen and oxygen atoms in total. The zero-order chi connectivity index (χ0) is 17.4. The van der Waals surface area contributed by atoms with Crippen molar-refractivity contribution in [3.8, 4) is 5.75 Å². The summed E-state index contributed by atoms with van der Waals surface area (Å²) in [7, 11) is 1.59. The Hall–Kier alpha value is -3.15. The number of carbonyl (C=O) groups excluding carboxylic acids is 2. The van der Waals surface area contributed by atoms with E-state index in [9.17, 15) is 9.59 Å². The van der Waals surface area contributed by atoms with Crippen LogP contribution in [-0.4, -0.2) is 31.7 Å². The highest BCUT2D eigenvalue weighted by Gasteiger charge is 2.07. The van der Waals surface area contributed by atoms with E-state index in [1.807, 2.05) is 25.1 Å². The molecule has 0 fully saturated rings. The standard InChI is InChI=1S/C18H19N3O3/c1-13-4-3-5-15(10-13)18(23)19-12-17(22)21-20-11-14-6-8-16(24-2)9-7-14/h3-11H,12H2,1-2H3,(H,19,23)(H,21,22)/b20-11-. The number of amides is 2. The molecule has 2 aromatic rings. The molecular formula is C18H19N3O3. The minimum atomic E-state index is -0.402. The summed E-state index contributed by atoms with van der Waals surface area (Å²) < 4.78 is 5.06. The molecule has 24 heavy (non-hydrogen) atoms. The number of aryl methyl sites for hydroxylation is 1. The normalized spacial score (nSPS) is 10.4. The van der Waals surface area contributed by atoms with Crippen molar-refractivity contribution >= 4 is 18.0 Å². The lowest BCUT2D eigenvalue weighted by molar-refractivity contribution is -0.120. The average Bonchev–Trinajstić information content (AvgIpc) is 2.60. The lowest BCUT2D eigenvalue weighted by Crippen LogP contribution is -2.34. The molecule has 2 amide bonds. The van der Waals surface area contributed by atoms with Crippen LogP contribution in [0.15, 0.2) is 53.6 Å². The number of hydrazone groups is 1. The van der Waals surface area contributed by atoms with Gasteiger partial charge >= 0.3 is 0 Å². The number of nitrogens with zero attached hydrogens (tertiary/aromatic N) is 1. The Labute approximate surface area is 140 Å². The predicted molar refractivity (Wildman–Crippen MR) is 92.2 cm³/mol. The van der Waals surface area contributed by atoms with Crippen LogP contribution in [0.4, 0.5) is 0 Å². The van der Waals surface area contributed by atoms with Gasteiger partial charge in [0.05, 0.1) is 19.9 Å². The molecule has 124 valence electrons. The number of hydrogen-bond donors (Lipinski definition) is 2.